The van der Waals surface area contributed by atoms with Gasteiger partial charge in [-0.1, -0.05) is 13.0 Å². The molecule has 2 aliphatic heterocycles. The minimum absolute atomic E-state index is 0.0110. The number of nitrogens with one attached hydrogen (secondary N) is 1. The molecule has 3 N–H and O–H groups in total. The molecule has 1 atom stereocenters. The summed E-state index contributed by atoms with van der Waals surface area (Å²) < 4.78 is 14.4. The predicted octanol–water partition coefficient (Wildman–Crippen LogP) is 3.50. The number of rotatable bonds is 8. The van der Waals surface area contributed by atoms with Crippen LogP contribution in [-0.2, 0) is 34.4 Å². The molecular weight excluding hydrogens is 512 g/mol. The zero-order valence-corrected chi connectivity index (χ0v) is 24.2. The van der Waals surface area contributed by atoms with E-state index in [1.165, 1.54) is 12.8 Å². The van der Waals surface area contributed by atoms with Gasteiger partial charge < -0.3 is 34.1 Å². The van der Waals surface area contributed by atoms with Crippen molar-refractivity contribution in [3.63, 3.8) is 0 Å². The van der Waals surface area contributed by atoms with Gasteiger partial charge in [0.15, 0.2) is 0 Å². The molecule has 5 rings (SSSR count). The lowest BCUT2D eigenvalue weighted by Crippen LogP contribution is -2.35. The number of ether oxygens (including phenoxy) is 2. The summed E-state index contributed by atoms with van der Waals surface area (Å²) in [4.78, 5) is 28.5. The van der Waals surface area contributed by atoms with Gasteiger partial charge in [0.1, 0.15) is 11.9 Å². The van der Waals surface area contributed by atoms with E-state index in [4.69, 9.17) is 19.6 Å². The van der Waals surface area contributed by atoms with Crippen LogP contribution in [0.25, 0.3) is 22.4 Å². The van der Waals surface area contributed by atoms with Crippen LogP contribution in [0, 0.1) is 12.8 Å². The van der Waals surface area contributed by atoms with Gasteiger partial charge in [0.05, 0.1) is 11.0 Å². The minimum Gasteiger partial charge on any atom is -0.480 e. The summed E-state index contributed by atoms with van der Waals surface area (Å²) >= 11 is 0. The van der Waals surface area contributed by atoms with Crippen molar-refractivity contribution in [1.29, 1.82) is 0 Å². The predicted molar refractivity (Wildman–Crippen MR) is 155 cm³/mol. The molecule has 0 saturated carbocycles. The van der Waals surface area contributed by atoms with Crippen LogP contribution in [0.5, 0.6) is 0 Å². The first kappa shape index (κ1) is 31.5. The average molecular weight is 557 g/mol. The molecule has 220 valence electrons. The van der Waals surface area contributed by atoms with Gasteiger partial charge in [-0.15, -0.1) is 0 Å². The number of imidazole rings is 1. The number of aliphatic carboxylic acids is 1. The van der Waals surface area contributed by atoms with E-state index in [9.17, 15) is 14.7 Å². The number of pyridine rings is 1. The largest absolute Gasteiger partial charge is 0.480 e. The number of hydrogen-bond acceptors (Lipinski definition) is 7. The SMILES string of the molecule is C1CCOC1.CC[C@H](NCc1ccc2c(c1)nc(-c1cc(C)c(=O)n(C)c1)n2CC1CCOCC1)C(=O)O.CO. The Bertz CT molecular complexity index is 1260. The number of aliphatic hydroxyl groups excluding tert-OH is 1. The van der Waals surface area contributed by atoms with Gasteiger partial charge in [0.2, 0.25) is 0 Å². The number of benzene rings is 1. The molecule has 0 aliphatic carbocycles. The highest BCUT2D eigenvalue weighted by Crippen LogP contribution is 2.29. The highest BCUT2D eigenvalue weighted by Gasteiger charge is 2.21. The molecular formula is C30H44N4O6. The summed E-state index contributed by atoms with van der Waals surface area (Å²) in [5.74, 6) is 0.509. The first-order chi connectivity index (χ1) is 19.4. The van der Waals surface area contributed by atoms with Crippen molar-refractivity contribution in [3.8, 4) is 11.4 Å². The lowest BCUT2D eigenvalue weighted by molar-refractivity contribution is -0.139. The highest BCUT2D eigenvalue weighted by atomic mass is 16.5. The van der Waals surface area contributed by atoms with Crippen molar-refractivity contribution in [2.24, 2.45) is 13.0 Å². The Balaban J connectivity index is 0.000000558. The Hall–Kier alpha value is -3.05. The monoisotopic (exact) mass is 556 g/mol. The number of carboxylic acid groups (broad SMARTS) is 1. The topological polar surface area (TPSA) is 128 Å². The number of carboxylic acids is 1. The van der Waals surface area contributed by atoms with E-state index in [2.05, 4.69) is 16.0 Å². The van der Waals surface area contributed by atoms with Gasteiger partial charge in [-0.25, -0.2) is 4.98 Å². The van der Waals surface area contributed by atoms with E-state index in [1.54, 1.807) is 11.6 Å². The molecule has 10 nitrogen and oxygen atoms in total. The number of carbonyl (C=O) groups is 1. The highest BCUT2D eigenvalue weighted by molar-refractivity contribution is 5.81. The maximum atomic E-state index is 12.2. The molecule has 2 saturated heterocycles. The standard InChI is InChI=1S/C25H32N4O4.C4H8O.CH4O/c1-4-20(25(31)32)26-13-18-5-6-22-21(12-18)27-23(19-11-16(2)24(30)28(3)15-19)29(22)14-17-7-9-33-10-8-17;1-2-4-5-3-1;1-2/h5-6,11-12,15,17,20,26H,4,7-10,13-14H2,1-3H3,(H,31,32);1-4H2;2H,1H3/t20-;;/m0../s1. The van der Waals surface area contributed by atoms with Gasteiger partial charge >= 0.3 is 5.97 Å². The summed E-state index contributed by atoms with van der Waals surface area (Å²) in [5, 5.41) is 19.4. The van der Waals surface area contributed by atoms with Crippen LogP contribution in [0.4, 0.5) is 0 Å². The quantitative estimate of drug-likeness (QED) is 0.385. The summed E-state index contributed by atoms with van der Waals surface area (Å²) in [6.45, 7) is 8.54. The second-order valence-electron chi connectivity index (χ2n) is 10.3. The fourth-order valence-electron chi connectivity index (χ4n) is 5.04. The van der Waals surface area contributed by atoms with Gasteiger partial charge in [-0.05, 0) is 68.7 Å². The Morgan fingerprint density at radius 3 is 2.38 bits per heavy atom. The van der Waals surface area contributed by atoms with Gasteiger partial charge in [0, 0.05) is 71.0 Å². The maximum absolute atomic E-state index is 12.2. The Labute approximate surface area is 235 Å². The number of aromatic nitrogens is 3. The van der Waals surface area contributed by atoms with Crippen LogP contribution in [0.15, 0.2) is 35.3 Å². The summed E-state index contributed by atoms with van der Waals surface area (Å²) in [6, 6.07) is 7.46. The number of hydrogen-bond donors (Lipinski definition) is 3. The van der Waals surface area contributed by atoms with Crippen molar-refractivity contribution in [3.05, 3.63) is 51.9 Å². The fourth-order valence-corrected chi connectivity index (χ4v) is 5.04. The smallest absolute Gasteiger partial charge is 0.320 e. The first-order valence-electron chi connectivity index (χ1n) is 14.1. The lowest BCUT2D eigenvalue weighted by atomic mass is 10.00. The molecule has 0 bridgehead atoms. The third-order valence-electron chi connectivity index (χ3n) is 7.30. The van der Waals surface area contributed by atoms with Crippen LogP contribution >= 0.6 is 0 Å². The van der Waals surface area contributed by atoms with Crippen LogP contribution in [0.1, 0.15) is 50.2 Å². The summed E-state index contributed by atoms with van der Waals surface area (Å²) in [7, 11) is 2.76. The van der Waals surface area contributed by atoms with Crippen molar-refractivity contribution in [1.82, 2.24) is 19.4 Å². The average Bonchev–Trinajstić information content (AvgIpc) is 3.66. The Kier molecular flexibility index (Phi) is 12.3. The van der Waals surface area contributed by atoms with E-state index in [1.807, 2.05) is 38.2 Å². The molecule has 2 aliphatic rings. The van der Waals surface area contributed by atoms with Gasteiger partial charge in [-0.3, -0.25) is 9.59 Å². The zero-order chi connectivity index (χ0) is 29.1. The molecule has 10 heteroatoms. The van der Waals surface area contributed by atoms with Gasteiger partial charge in [0.25, 0.3) is 5.56 Å². The Morgan fingerprint density at radius 2 is 1.80 bits per heavy atom. The van der Waals surface area contributed by atoms with Crippen molar-refractivity contribution in [2.75, 3.05) is 33.5 Å². The van der Waals surface area contributed by atoms with E-state index in [0.717, 1.165) is 80.9 Å². The summed E-state index contributed by atoms with van der Waals surface area (Å²) in [5.41, 5.74) is 4.48. The molecule has 2 fully saturated rings. The van der Waals surface area contributed by atoms with Crippen LogP contribution in [0.2, 0.25) is 0 Å². The van der Waals surface area contributed by atoms with E-state index in [-0.39, 0.29) is 5.56 Å². The number of nitrogens with zero attached hydrogens (tertiary/aromatic N) is 3. The van der Waals surface area contributed by atoms with E-state index >= 15 is 0 Å². The minimum atomic E-state index is -0.841. The van der Waals surface area contributed by atoms with Crippen LogP contribution in [-0.4, -0.2) is 69.9 Å². The van der Waals surface area contributed by atoms with Crippen molar-refractivity contribution in [2.45, 2.75) is 65.1 Å². The van der Waals surface area contributed by atoms with Crippen molar-refractivity contribution < 1.29 is 24.5 Å². The molecule has 1 aromatic carbocycles. The zero-order valence-electron chi connectivity index (χ0n) is 24.2. The summed E-state index contributed by atoms with van der Waals surface area (Å²) in [6.07, 6.45) is 6.95. The van der Waals surface area contributed by atoms with E-state index in [0.29, 0.717) is 24.4 Å². The van der Waals surface area contributed by atoms with E-state index < -0.39 is 12.0 Å². The fraction of sp³-hybridized carbons (Fsp3) is 0.567. The third-order valence-corrected chi connectivity index (χ3v) is 7.30. The molecule has 2 aromatic heterocycles. The normalized spacial score (nSPS) is 16.1. The molecule has 0 radical (unpaired) electrons. The Morgan fingerprint density at radius 1 is 1.12 bits per heavy atom. The second kappa shape index (κ2) is 15.7. The molecule has 0 amide bonds. The second-order valence-corrected chi connectivity index (χ2v) is 10.3. The number of aliphatic hydroxyl groups is 1. The molecule has 3 aromatic rings. The maximum Gasteiger partial charge on any atom is 0.320 e. The lowest BCUT2D eigenvalue weighted by Gasteiger charge is -2.23. The molecule has 4 heterocycles. The number of fused-ring (bicyclic) bond motifs is 1. The number of aryl methyl sites for hydroxylation is 2. The van der Waals surface area contributed by atoms with Crippen LogP contribution in [0.3, 0.4) is 0 Å². The van der Waals surface area contributed by atoms with Gasteiger partial charge in [-0.2, -0.15) is 0 Å². The molecule has 0 spiro atoms. The van der Waals surface area contributed by atoms with Crippen molar-refractivity contribution >= 4 is 17.0 Å². The third kappa shape index (κ3) is 8.23. The molecule has 40 heavy (non-hydrogen) atoms. The first-order valence-corrected chi connectivity index (χ1v) is 14.1. The van der Waals surface area contributed by atoms with Crippen LogP contribution < -0.4 is 10.9 Å². The molecule has 0 unspecified atom stereocenters.